The van der Waals surface area contributed by atoms with Crippen molar-refractivity contribution in [2.45, 2.75) is 43.7 Å². The van der Waals surface area contributed by atoms with Crippen LogP contribution in [-0.4, -0.2) is 29.2 Å². The molecule has 3 rings (SSSR count). The van der Waals surface area contributed by atoms with E-state index >= 15 is 0 Å². The predicted molar refractivity (Wildman–Crippen MR) is 99.7 cm³/mol. The van der Waals surface area contributed by atoms with Crippen LogP contribution in [0.3, 0.4) is 0 Å². The molecule has 1 unspecified atom stereocenters. The quantitative estimate of drug-likeness (QED) is 0.741. The molecule has 0 radical (unpaired) electrons. The van der Waals surface area contributed by atoms with Gasteiger partial charge < -0.3 is 15.2 Å². The molecule has 5 nitrogen and oxygen atoms in total. The Morgan fingerprint density at radius 3 is 2.52 bits per heavy atom. The number of nitrogens with one attached hydrogen (secondary N) is 1. The highest BCUT2D eigenvalue weighted by Gasteiger charge is 2.39. The molecule has 1 aromatic carbocycles. The van der Waals surface area contributed by atoms with Crippen molar-refractivity contribution in [2.24, 2.45) is 0 Å². The molecule has 1 amide bonds. The van der Waals surface area contributed by atoms with Crippen LogP contribution in [0.25, 0.3) is 0 Å². The number of aliphatic hydroxyl groups is 1. The van der Waals surface area contributed by atoms with Crippen molar-refractivity contribution >= 4 is 23.2 Å². The summed E-state index contributed by atoms with van der Waals surface area (Å²) in [5.74, 6) is -1.58. The van der Waals surface area contributed by atoms with Gasteiger partial charge in [0, 0.05) is 4.88 Å². The van der Waals surface area contributed by atoms with Crippen molar-refractivity contribution in [1.82, 2.24) is 5.32 Å². The Hall–Kier alpha value is -2.25. The topological polar surface area (TPSA) is 75.6 Å². The number of benzene rings is 1. The fourth-order valence-electron chi connectivity index (χ4n) is 3.24. The lowest BCUT2D eigenvalue weighted by atomic mass is 9.85. The maximum atomic E-state index is 13.2. The summed E-state index contributed by atoms with van der Waals surface area (Å²) in [6, 6.07) is 9.15. The van der Waals surface area contributed by atoms with Gasteiger partial charge in [-0.25, -0.2) is 9.18 Å². The van der Waals surface area contributed by atoms with Crippen molar-refractivity contribution in [3.63, 3.8) is 0 Å². The minimum absolute atomic E-state index is 0.357. The van der Waals surface area contributed by atoms with Crippen LogP contribution in [0.15, 0.2) is 41.8 Å². The highest BCUT2D eigenvalue weighted by Crippen LogP contribution is 2.29. The molecule has 144 valence electrons. The monoisotopic (exact) mass is 391 g/mol. The van der Waals surface area contributed by atoms with Gasteiger partial charge in [0.05, 0.1) is 6.04 Å². The molecule has 1 saturated carbocycles. The van der Waals surface area contributed by atoms with Crippen molar-refractivity contribution in [2.75, 3.05) is 6.61 Å². The first-order valence-electron chi connectivity index (χ1n) is 8.96. The minimum Gasteiger partial charge on any atom is -0.453 e. The van der Waals surface area contributed by atoms with E-state index in [9.17, 15) is 19.1 Å². The number of hydrogen-bond donors (Lipinski definition) is 2. The normalized spacial score (nSPS) is 17.1. The zero-order valence-corrected chi connectivity index (χ0v) is 15.6. The molecule has 0 spiro atoms. The van der Waals surface area contributed by atoms with Crippen LogP contribution in [0.5, 0.6) is 0 Å². The first kappa shape index (κ1) is 19.5. The fraction of sp³-hybridized carbons (Fsp3) is 0.400. The second-order valence-electron chi connectivity index (χ2n) is 6.74. The molecule has 1 aliphatic rings. The number of ether oxygens (including phenoxy) is 1. The van der Waals surface area contributed by atoms with Crippen LogP contribution in [0.1, 0.15) is 48.6 Å². The Bertz CT molecular complexity index is 770. The summed E-state index contributed by atoms with van der Waals surface area (Å²) in [4.78, 5) is 25.4. The SMILES string of the molecule is O=C(COC(=O)C1(O)CCCCC1)NC(c1ccc(F)cc1)c1cccs1. The number of thiophene rings is 1. The van der Waals surface area contributed by atoms with Gasteiger partial charge in [0.15, 0.2) is 12.2 Å². The Kier molecular flexibility index (Phi) is 6.23. The smallest absolute Gasteiger partial charge is 0.338 e. The Morgan fingerprint density at radius 1 is 1.19 bits per heavy atom. The number of esters is 1. The molecule has 0 bridgehead atoms. The van der Waals surface area contributed by atoms with E-state index in [4.69, 9.17) is 4.74 Å². The summed E-state index contributed by atoms with van der Waals surface area (Å²) in [6.07, 6.45) is 3.24. The van der Waals surface area contributed by atoms with Gasteiger partial charge in [-0.1, -0.05) is 24.6 Å². The summed E-state index contributed by atoms with van der Waals surface area (Å²) < 4.78 is 18.3. The van der Waals surface area contributed by atoms with E-state index in [1.54, 1.807) is 12.1 Å². The number of carbonyl (C=O) groups excluding carboxylic acids is 2. The van der Waals surface area contributed by atoms with Crippen LogP contribution >= 0.6 is 11.3 Å². The minimum atomic E-state index is -1.48. The standard InChI is InChI=1S/C20H22FNO4S/c21-15-8-6-14(7-9-15)18(16-5-4-12-27-16)22-17(23)13-26-19(24)20(25)10-2-1-3-11-20/h4-9,12,18,25H,1-3,10-11,13H2,(H,22,23). The van der Waals surface area contributed by atoms with Gasteiger partial charge in [0.25, 0.3) is 5.91 Å². The van der Waals surface area contributed by atoms with Crippen LogP contribution < -0.4 is 5.32 Å². The molecule has 0 aliphatic heterocycles. The number of carbonyl (C=O) groups is 2. The lowest BCUT2D eigenvalue weighted by molar-refractivity contribution is -0.170. The summed E-state index contributed by atoms with van der Waals surface area (Å²) in [5, 5.41) is 15.1. The molecule has 7 heteroatoms. The number of halogens is 1. The molecule has 1 aliphatic carbocycles. The zero-order valence-electron chi connectivity index (χ0n) is 14.8. The maximum Gasteiger partial charge on any atom is 0.338 e. The van der Waals surface area contributed by atoms with Gasteiger partial charge in [0.1, 0.15) is 5.82 Å². The number of rotatable bonds is 6. The average molecular weight is 391 g/mol. The Labute approximate surface area is 161 Å². The summed E-state index contributed by atoms with van der Waals surface area (Å²) in [7, 11) is 0. The zero-order chi connectivity index (χ0) is 19.3. The summed E-state index contributed by atoms with van der Waals surface area (Å²) >= 11 is 1.46. The third-order valence-electron chi connectivity index (χ3n) is 4.73. The Balaban J connectivity index is 1.63. The van der Waals surface area contributed by atoms with Crippen molar-refractivity contribution in [3.8, 4) is 0 Å². The molecule has 1 heterocycles. The maximum absolute atomic E-state index is 13.2. The third-order valence-corrected chi connectivity index (χ3v) is 5.67. The second-order valence-corrected chi connectivity index (χ2v) is 7.72. The second kappa shape index (κ2) is 8.63. The van der Waals surface area contributed by atoms with Gasteiger partial charge >= 0.3 is 5.97 Å². The third kappa shape index (κ3) is 4.93. The van der Waals surface area contributed by atoms with Crippen LogP contribution in [0.2, 0.25) is 0 Å². The van der Waals surface area contributed by atoms with Crippen molar-refractivity contribution in [1.29, 1.82) is 0 Å². The highest BCUT2D eigenvalue weighted by molar-refractivity contribution is 7.10. The van der Waals surface area contributed by atoms with Crippen molar-refractivity contribution < 1.29 is 23.8 Å². The molecular weight excluding hydrogens is 369 g/mol. The highest BCUT2D eigenvalue weighted by atomic mass is 32.1. The number of hydrogen-bond acceptors (Lipinski definition) is 5. The first-order chi connectivity index (χ1) is 13.0. The van der Waals surface area contributed by atoms with Gasteiger partial charge in [-0.2, -0.15) is 0 Å². The largest absolute Gasteiger partial charge is 0.453 e. The Morgan fingerprint density at radius 2 is 1.89 bits per heavy atom. The van der Waals surface area contributed by atoms with E-state index in [0.717, 1.165) is 29.7 Å². The van der Waals surface area contributed by atoms with E-state index in [-0.39, 0.29) is 5.82 Å². The van der Waals surface area contributed by atoms with E-state index in [2.05, 4.69) is 5.32 Å². The fourth-order valence-corrected chi connectivity index (χ4v) is 4.04. The van der Waals surface area contributed by atoms with E-state index in [1.165, 1.54) is 23.5 Å². The van der Waals surface area contributed by atoms with E-state index < -0.39 is 30.1 Å². The number of amides is 1. The van der Waals surface area contributed by atoms with E-state index in [0.29, 0.717) is 12.8 Å². The van der Waals surface area contributed by atoms with Gasteiger partial charge in [-0.3, -0.25) is 4.79 Å². The van der Waals surface area contributed by atoms with Gasteiger partial charge in [0.2, 0.25) is 0 Å². The molecule has 2 aromatic rings. The summed E-state index contributed by atoms with van der Waals surface area (Å²) in [6.45, 7) is -0.468. The molecule has 1 aromatic heterocycles. The molecule has 27 heavy (non-hydrogen) atoms. The molecule has 2 N–H and O–H groups in total. The van der Waals surface area contributed by atoms with Gasteiger partial charge in [-0.05, 0) is 54.8 Å². The predicted octanol–water partition coefficient (Wildman–Crippen LogP) is 3.33. The first-order valence-corrected chi connectivity index (χ1v) is 9.84. The summed E-state index contributed by atoms with van der Waals surface area (Å²) in [5.41, 5.74) is -0.757. The lowest BCUT2D eigenvalue weighted by Crippen LogP contribution is -2.43. The van der Waals surface area contributed by atoms with Gasteiger partial charge in [-0.15, -0.1) is 11.3 Å². The van der Waals surface area contributed by atoms with Crippen LogP contribution in [-0.2, 0) is 14.3 Å². The molecule has 0 saturated heterocycles. The average Bonchev–Trinajstić information content (AvgIpc) is 3.20. The van der Waals surface area contributed by atoms with Crippen LogP contribution in [0, 0.1) is 5.82 Å². The molecule has 1 fully saturated rings. The van der Waals surface area contributed by atoms with E-state index in [1.807, 2.05) is 17.5 Å². The molecule has 1 atom stereocenters. The van der Waals surface area contributed by atoms with Crippen LogP contribution in [0.4, 0.5) is 4.39 Å². The van der Waals surface area contributed by atoms with Crippen molar-refractivity contribution in [3.05, 3.63) is 58.0 Å². The lowest BCUT2D eigenvalue weighted by Gasteiger charge is -2.29. The molecular formula is C20H22FNO4S.